The number of anilines is 2. The molecule has 1 saturated carbocycles. The average Bonchev–Trinajstić information content (AvgIpc) is 3.37. The molecule has 4 N–H and O–H groups in total. The van der Waals surface area contributed by atoms with Gasteiger partial charge in [-0.3, -0.25) is 4.79 Å². The predicted octanol–water partition coefficient (Wildman–Crippen LogP) is 2.60. The van der Waals surface area contributed by atoms with Crippen LogP contribution in [0.2, 0.25) is 0 Å². The molecule has 1 saturated heterocycles. The molecule has 168 valence electrons. The lowest BCUT2D eigenvalue weighted by atomic mass is 10.0. The van der Waals surface area contributed by atoms with E-state index in [0.717, 1.165) is 49.5 Å². The molecule has 2 fully saturated rings. The minimum atomic E-state index is -1.34. The second-order valence-corrected chi connectivity index (χ2v) is 8.86. The largest absolute Gasteiger partial charge is 0.377 e. The number of pyridine rings is 1. The van der Waals surface area contributed by atoms with Crippen LogP contribution in [0.5, 0.6) is 0 Å². The van der Waals surface area contributed by atoms with Crippen molar-refractivity contribution in [3.05, 3.63) is 42.4 Å². The normalized spacial score (nSPS) is 23.6. The molecular formula is C23H28FN7O. The molecule has 0 aromatic carbocycles. The molecule has 2 aliphatic rings. The van der Waals surface area contributed by atoms with Gasteiger partial charge in [-0.05, 0) is 49.9 Å². The van der Waals surface area contributed by atoms with Crippen molar-refractivity contribution >= 4 is 22.9 Å². The Morgan fingerprint density at radius 1 is 1.31 bits per heavy atom. The van der Waals surface area contributed by atoms with Crippen LogP contribution in [0.15, 0.2) is 36.8 Å². The quantitative estimate of drug-likeness (QED) is 0.567. The van der Waals surface area contributed by atoms with Crippen LogP contribution in [0.3, 0.4) is 0 Å². The average molecular weight is 438 g/mol. The molecule has 1 aliphatic heterocycles. The molecule has 3 aromatic heterocycles. The number of nitrogens with two attached hydrogens (primary N) is 1. The molecule has 1 aliphatic carbocycles. The maximum absolute atomic E-state index is 15.0. The van der Waals surface area contributed by atoms with Gasteiger partial charge in [-0.1, -0.05) is 0 Å². The molecule has 0 spiro atoms. The summed E-state index contributed by atoms with van der Waals surface area (Å²) >= 11 is 0. The lowest BCUT2D eigenvalue weighted by Gasteiger charge is -2.28. The summed E-state index contributed by atoms with van der Waals surface area (Å²) in [5.41, 5.74) is 7.72. The highest BCUT2D eigenvalue weighted by atomic mass is 19.1. The first-order valence-corrected chi connectivity index (χ1v) is 11.1. The van der Waals surface area contributed by atoms with Crippen molar-refractivity contribution in [1.29, 1.82) is 0 Å². The number of halogens is 1. The van der Waals surface area contributed by atoms with Gasteiger partial charge in [0.2, 0.25) is 0 Å². The highest BCUT2D eigenvalue weighted by molar-refractivity contribution is 6.02. The minimum Gasteiger partial charge on any atom is -0.377 e. The third kappa shape index (κ3) is 3.77. The van der Waals surface area contributed by atoms with Crippen LogP contribution in [-0.2, 0) is 0 Å². The summed E-state index contributed by atoms with van der Waals surface area (Å²) in [6.45, 7) is 5.31. The van der Waals surface area contributed by atoms with Gasteiger partial charge in [-0.25, -0.2) is 13.9 Å². The van der Waals surface area contributed by atoms with E-state index in [9.17, 15) is 9.18 Å². The molecule has 2 atom stereocenters. The minimum absolute atomic E-state index is 0.265. The number of carbonyl (C=O) groups excluding carboxylic acids is 1. The van der Waals surface area contributed by atoms with Crippen LogP contribution < -0.4 is 21.3 Å². The SMILES string of the molecule is C[C@]1(F)CCC[C@H]1Nc1c(C(N)=O)cnn2cc(-c3ccnc(N4CCNCC4)c3)cc12. The molecule has 5 rings (SSSR count). The molecule has 0 unspecified atom stereocenters. The Morgan fingerprint density at radius 3 is 2.84 bits per heavy atom. The number of hydrogen-bond acceptors (Lipinski definition) is 6. The van der Waals surface area contributed by atoms with E-state index < -0.39 is 11.6 Å². The van der Waals surface area contributed by atoms with Crippen molar-refractivity contribution in [1.82, 2.24) is 19.9 Å². The second kappa shape index (κ2) is 8.05. The Labute approximate surface area is 186 Å². The van der Waals surface area contributed by atoms with Crippen molar-refractivity contribution in [2.24, 2.45) is 5.73 Å². The number of alkyl halides is 1. The first-order valence-electron chi connectivity index (χ1n) is 11.1. The number of piperazine rings is 1. The first-order chi connectivity index (χ1) is 15.4. The van der Waals surface area contributed by atoms with Crippen molar-refractivity contribution in [3.8, 4) is 11.1 Å². The fourth-order valence-electron chi connectivity index (χ4n) is 4.74. The van der Waals surface area contributed by atoms with Crippen LogP contribution in [0, 0.1) is 0 Å². The third-order valence-electron chi connectivity index (χ3n) is 6.63. The first kappa shape index (κ1) is 20.7. The van der Waals surface area contributed by atoms with E-state index in [1.54, 1.807) is 11.4 Å². The molecule has 1 amide bonds. The molecule has 0 bridgehead atoms. The fourth-order valence-corrected chi connectivity index (χ4v) is 4.74. The zero-order chi connectivity index (χ0) is 22.3. The van der Waals surface area contributed by atoms with Crippen molar-refractivity contribution in [2.75, 3.05) is 36.4 Å². The smallest absolute Gasteiger partial charge is 0.252 e. The van der Waals surface area contributed by atoms with Gasteiger partial charge in [-0.2, -0.15) is 5.10 Å². The van der Waals surface area contributed by atoms with E-state index >= 15 is 0 Å². The van der Waals surface area contributed by atoms with E-state index in [2.05, 4.69) is 31.7 Å². The fraction of sp³-hybridized carbons (Fsp3) is 0.435. The standard InChI is InChI=1S/C23H28FN7O/c1-23(24)5-2-3-19(23)29-21-17(22(25)32)13-28-31-14-16(11-18(21)31)15-4-6-27-20(12-15)30-9-7-26-8-10-30/h4,6,11-14,19,26,29H,2-3,5,7-10H2,1H3,(H2,25,32)/t19-,23+/m1/s1. The molecule has 4 heterocycles. The van der Waals surface area contributed by atoms with E-state index in [1.807, 2.05) is 24.5 Å². The Morgan fingerprint density at radius 2 is 2.12 bits per heavy atom. The monoisotopic (exact) mass is 437 g/mol. The number of fused-ring (bicyclic) bond motifs is 1. The van der Waals surface area contributed by atoms with Crippen molar-refractivity contribution < 1.29 is 9.18 Å². The number of rotatable bonds is 5. The maximum Gasteiger partial charge on any atom is 0.252 e. The molecule has 3 aromatic rings. The van der Waals surface area contributed by atoms with Crippen molar-refractivity contribution in [2.45, 2.75) is 37.9 Å². The van der Waals surface area contributed by atoms with E-state index in [1.165, 1.54) is 6.20 Å². The van der Waals surface area contributed by atoms with Crippen LogP contribution in [0.4, 0.5) is 15.9 Å². The van der Waals surface area contributed by atoms with E-state index in [0.29, 0.717) is 24.0 Å². The third-order valence-corrected chi connectivity index (χ3v) is 6.63. The summed E-state index contributed by atoms with van der Waals surface area (Å²) < 4.78 is 16.7. The second-order valence-electron chi connectivity index (χ2n) is 8.86. The van der Waals surface area contributed by atoms with Crippen molar-refractivity contribution in [3.63, 3.8) is 0 Å². The number of aromatic nitrogens is 3. The molecule has 32 heavy (non-hydrogen) atoms. The molecular weight excluding hydrogens is 409 g/mol. The topological polar surface area (TPSA) is 101 Å². The van der Waals surface area contributed by atoms with Crippen LogP contribution >= 0.6 is 0 Å². The molecule has 9 heteroatoms. The Bertz CT molecular complexity index is 1150. The summed E-state index contributed by atoms with van der Waals surface area (Å²) in [4.78, 5) is 18.9. The predicted molar refractivity (Wildman–Crippen MR) is 123 cm³/mol. The number of amides is 1. The summed E-state index contributed by atoms with van der Waals surface area (Å²) in [6, 6.07) is 5.60. The summed E-state index contributed by atoms with van der Waals surface area (Å²) in [5.74, 6) is 0.344. The number of primary amides is 1. The van der Waals surface area contributed by atoms with Gasteiger partial charge in [0.15, 0.2) is 0 Å². The van der Waals surface area contributed by atoms with Gasteiger partial charge in [0.1, 0.15) is 11.5 Å². The summed E-state index contributed by atoms with van der Waals surface area (Å²) in [5, 5.41) is 11.0. The lowest BCUT2D eigenvalue weighted by Crippen LogP contribution is -2.43. The Hall–Kier alpha value is -3.20. The van der Waals surface area contributed by atoms with Gasteiger partial charge >= 0.3 is 0 Å². The van der Waals surface area contributed by atoms with E-state index in [-0.39, 0.29) is 11.6 Å². The van der Waals surface area contributed by atoms with Crippen LogP contribution in [0.25, 0.3) is 16.6 Å². The Balaban J connectivity index is 1.54. The van der Waals surface area contributed by atoms with Crippen LogP contribution in [0.1, 0.15) is 36.5 Å². The summed E-state index contributed by atoms with van der Waals surface area (Å²) in [6.07, 6.45) is 7.16. The van der Waals surface area contributed by atoms with Crippen LogP contribution in [-0.4, -0.2) is 58.4 Å². The highest BCUT2D eigenvalue weighted by Gasteiger charge is 2.39. The van der Waals surface area contributed by atoms with Gasteiger partial charge < -0.3 is 21.3 Å². The number of hydrogen-bond donors (Lipinski definition) is 3. The zero-order valence-corrected chi connectivity index (χ0v) is 18.1. The van der Waals surface area contributed by atoms with E-state index in [4.69, 9.17) is 5.73 Å². The number of nitrogens with zero attached hydrogens (tertiary/aromatic N) is 4. The Kier molecular flexibility index (Phi) is 5.21. The van der Waals surface area contributed by atoms with Gasteiger partial charge in [0.05, 0.1) is 29.0 Å². The summed E-state index contributed by atoms with van der Waals surface area (Å²) in [7, 11) is 0. The zero-order valence-electron chi connectivity index (χ0n) is 18.1. The highest BCUT2D eigenvalue weighted by Crippen LogP contribution is 2.37. The molecule has 8 nitrogen and oxygen atoms in total. The maximum atomic E-state index is 15.0. The van der Waals surface area contributed by atoms with Gasteiger partial charge in [0.25, 0.3) is 5.91 Å². The number of nitrogens with one attached hydrogen (secondary N) is 2. The van der Waals surface area contributed by atoms with Gasteiger partial charge in [-0.15, -0.1) is 0 Å². The lowest BCUT2D eigenvalue weighted by molar-refractivity contribution is 0.1000. The number of carbonyl (C=O) groups is 1. The molecule has 0 radical (unpaired) electrons. The van der Waals surface area contributed by atoms with Gasteiger partial charge in [0, 0.05) is 44.1 Å².